The van der Waals surface area contributed by atoms with Crippen LogP contribution in [0.15, 0.2) is 150 Å². The highest BCUT2D eigenvalue weighted by Gasteiger charge is 2.21. The van der Waals surface area contributed by atoms with E-state index in [1.165, 1.54) is 85.5 Å². The highest BCUT2D eigenvalue weighted by molar-refractivity contribution is 7.26. The van der Waals surface area contributed by atoms with Gasteiger partial charge in [-0.3, -0.25) is 0 Å². The predicted octanol–water partition coefficient (Wildman–Crippen LogP) is 13.3. The SMILES string of the molecule is c1ccc2cc3c(cc2c1)oc1ccc(-c2c4ccccc4c(-c4cc5cccc6sc7cccc4c7c56)c4ccccc24)cc13. The number of hydrogen-bond donors (Lipinski definition) is 0. The molecule has 0 aliphatic heterocycles. The van der Waals surface area contributed by atoms with Crippen molar-refractivity contribution < 1.29 is 4.42 Å². The van der Waals surface area contributed by atoms with E-state index in [0.717, 1.165) is 21.9 Å². The van der Waals surface area contributed by atoms with Crippen LogP contribution in [-0.2, 0) is 0 Å². The number of furan rings is 1. The molecule has 9 aromatic carbocycles. The van der Waals surface area contributed by atoms with Gasteiger partial charge in [0.15, 0.2) is 0 Å². The maximum Gasteiger partial charge on any atom is 0.136 e. The van der Waals surface area contributed by atoms with E-state index in [1.807, 2.05) is 11.3 Å². The van der Waals surface area contributed by atoms with Crippen LogP contribution >= 0.6 is 11.3 Å². The van der Waals surface area contributed by atoms with Crippen LogP contribution in [-0.4, -0.2) is 0 Å². The van der Waals surface area contributed by atoms with Crippen LogP contribution < -0.4 is 0 Å². The Morgan fingerprint density at radius 1 is 0.370 bits per heavy atom. The molecule has 11 aromatic rings. The summed E-state index contributed by atoms with van der Waals surface area (Å²) in [4.78, 5) is 0. The number of hydrogen-bond acceptors (Lipinski definition) is 2. The second-order valence-corrected chi connectivity index (χ2v) is 13.5. The number of thiophene rings is 1. The maximum absolute atomic E-state index is 6.39. The molecular weight excluding hydrogens is 577 g/mol. The van der Waals surface area contributed by atoms with Crippen LogP contribution in [0.3, 0.4) is 0 Å². The van der Waals surface area contributed by atoms with Gasteiger partial charge in [0, 0.05) is 30.9 Å². The molecule has 11 rings (SSSR count). The summed E-state index contributed by atoms with van der Waals surface area (Å²) in [5.74, 6) is 0. The maximum atomic E-state index is 6.39. The minimum atomic E-state index is 0.917. The summed E-state index contributed by atoms with van der Waals surface area (Å²) in [5.41, 5.74) is 6.91. The van der Waals surface area contributed by atoms with Gasteiger partial charge in [-0.15, -0.1) is 11.3 Å². The van der Waals surface area contributed by atoms with E-state index in [0.29, 0.717) is 0 Å². The summed E-state index contributed by atoms with van der Waals surface area (Å²) in [5, 5.41) is 15.2. The quantitative estimate of drug-likeness (QED) is 0.142. The molecule has 0 atom stereocenters. The molecule has 0 unspecified atom stereocenters. The lowest BCUT2D eigenvalue weighted by atomic mass is 9.83. The van der Waals surface area contributed by atoms with Gasteiger partial charge in [-0.05, 0) is 108 Å². The van der Waals surface area contributed by atoms with E-state index < -0.39 is 0 Å². The standard InChI is InChI=1S/C44H24OS/c1-2-10-26-24-38-35(21-25(26)9-1)34-22-28(19-20-37(34)45-38)41-29-12-3-5-14-31(29)43(32-15-6-4-13-30(32)41)36-23-27-11-7-17-39-42(27)44-33(36)16-8-18-40(44)46-39/h1-24H. The van der Waals surface area contributed by atoms with E-state index in [9.17, 15) is 0 Å². The first-order chi connectivity index (χ1) is 22.8. The van der Waals surface area contributed by atoms with Gasteiger partial charge in [-0.2, -0.15) is 0 Å². The van der Waals surface area contributed by atoms with Crippen molar-refractivity contribution in [3.63, 3.8) is 0 Å². The lowest BCUT2D eigenvalue weighted by Crippen LogP contribution is -1.92. The fourth-order valence-corrected chi connectivity index (χ4v) is 9.19. The van der Waals surface area contributed by atoms with Gasteiger partial charge < -0.3 is 4.42 Å². The van der Waals surface area contributed by atoms with Crippen molar-refractivity contribution in [3.8, 4) is 22.3 Å². The monoisotopic (exact) mass is 600 g/mol. The Labute approximate surface area is 267 Å². The topological polar surface area (TPSA) is 13.1 Å². The molecule has 0 N–H and O–H groups in total. The molecule has 0 saturated carbocycles. The molecule has 46 heavy (non-hydrogen) atoms. The molecule has 212 valence electrons. The van der Waals surface area contributed by atoms with E-state index in [2.05, 4.69) is 146 Å². The Morgan fingerprint density at radius 3 is 1.72 bits per heavy atom. The van der Waals surface area contributed by atoms with Gasteiger partial charge in [0.1, 0.15) is 11.2 Å². The Morgan fingerprint density at radius 2 is 0.957 bits per heavy atom. The Hall–Kier alpha value is -5.70. The average Bonchev–Trinajstić information content (AvgIpc) is 3.67. The van der Waals surface area contributed by atoms with Gasteiger partial charge in [-0.25, -0.2) is 0 Å². The third-order valence-corrected chi connectivity index (χ3v) is 11.1. The Kier molecular flexibility index (Phi) is 4.78. The molecule has 0 spiro atoms. The molecule has 2 heteroatoms. The first-order valence-electron chi connectivity index (χ1n) is 15.8. The van der Waals surface area contributed by atoms with Crippen molar-refractivity contribution >= 4 is 96.5 Å². The van der Waals surface area contributed by atoms with Crippen molar-refractivity contribution in [1.29, 1.82) is 0 Å². The molecule has 0 aliphatic carbocycles. The third-order valence-electron chi connectivity index (χ3n) is 9.97. The Balaban J connectivity index is 1.26. The predicted molar refractivity (Wildman–Crippen MR) is 199 cm³/mol. The molecule has 0 radical (unpaired) electrons. The van der Waals surface area contributed by atoms with E-state index in [-0.39, 0.29) is 0 Å². The zero-order chi connectivity index (χ0) is 29.9. The molecule has 0 bridgehead atoms. The fourth-order valence-electron chi connectivity index (χ4n) is 8.03. The van der Waals surface area contributed by atoms with Crippen LogP contribution in [0.4, 0.5) is 0 Å². The highest BCUT2D eigenvalue weighted by Crippen LogP contribution is 2.49. The Bertz CT molecular complexity index is 2970. The summed E-state index contributed by atoms with van der Waals surface area (Å²) in [6.07, 6.45) is 0. The summed E-state index contributed by atoms with van der Waals surface area (Å²) in [7, 11) is 0. The van der Waals surface area contributed by atoms with Crippen LogP contribution in [0.25, 0.3) is 107 Å². The first-order valence-corrected chi connectivity index (χ1v) is 16.6. The lowest BCUT2D eigenvalue weighted by Gasteiger charge is -2.19. The van der Waals surface area contributed by atoms with Gasteiger partial charge in [0.05, 0.1) is 0 Å². The number of benzene rings is 9. The lowest BCUT2D eigenvalue weighted by molar-refractivity contribution is 0.669. The molecule has 2 heterocycles. The molecule has 0 amide bonds. The molecule has 0 fully saturated rings. The van der Waals surface area contributed by atoms with Crippen molar-refractivity contribution in [2.45, 2.75) is 0 Å². The third kappa shape index (κ3) is 3.24. The number of fused-ring (bicyclic) bond motifs is 6. The van der Waals surface area contributed by atoms with Crippen molar-refractivity contribution in [2.24, 2.45) is 0 Å². The number of rotatable bonds is 2. The van der Waals surface area contributed by atoms with E-state index >= 15 is 0 Å². The molecule has 0 aliphatic rings. The highest BCUT2D eigenvalue weighted by atomic mass is 32.1. The van der Waals surface area contributed by atoms with E-state index in [1.54, 1.807) is 0 Å². The van der Waals surface area contributed by atoms with Crippen molar-refractivity contribution in [1.82, 2.24) is 0 Å². The van der Waals surface area contributed by atoms with Gasteiger partial charge in [-0.1, -0.05) is 103 Å². The van der Waals surface area contributed by atoms with Crippen LogP contribution in [0.1, 0.15) is 0 Å². The smallest absolute Gasteiger partial charge is 0.136 e. The summed E-state index contributed by atoms with van der Waals surface area (Å²) in [6.45, 7) is 0. The molecule has 1 nitrogen and oxygen atoms in total. The van der Waals surface area contributed by atoms with Crippen molar-refractivity contribution in [2.75, 3.05) is 0 Å². The molecule has 0 saturated heterocycles. The summed E-state index contributed by atoms with van der Waals surface area (Å²) in [6, 6.07) is 53.6. The second kappa shape index (κ2) is 8.94. The molecular formula is C44H24OS. The van der Waals surface area contributed by atoms with Crippen LogP contribution in [0, 0.1) is 0 Å². The van der Waals surface area contributed by atoms with Crippen LogP contribution in [0.5, 0.6) is 0 Å². The van der Waals surface area contributed by atoms with E-state index in [4.69, 9.17) is 4.42 Å². The average molecular weight is 601 g/mol. The first kappa shape index (κ1) is 24.6. The molecule has 2 aromatic heterocycles. The fraction of sp³-hybridized carbons (Fsp3) is 0. The summed E-state index contributed by atoms with van der Waals surface area (Å²) < 4.78 is 9.10. The van der Waals surface area contributed by atoms with Gasteiger partial charge in [0.25, 0.3) is 0 Å². The normalized spacial score (nSPS) is 12.3. The summed E-state index contributed by atoms with van der Waals surface area (Å²) >= 11 is 1.90. The minimum Gasteiger partial charge on any atom is -0.456 e. The van der Waals surface area contributed by atoms with Gasteiger partial charge >= 0.3 is 0 Å². The van der Waals surface area contributed by atoms with Crippen LogP contribution in [0.2, 0.25) is 0 Å². The minimum absolute atomic E-state index is 0.917. The van der Waals surface area contributed by atoms with Crippen molar-refractivity contribution in [3.05, 3.63) is 146 Å². The zero-order valence-electron chi connectivity index (χ0n) is 24.7. The van der Waals surface area contributed by atoms with Gasteiger partial charge in [0.2, 0.25) is 0 Å². The zero-order valence-corrected chi connectivity index (χ0v) is 25.5. The largest absolute Gasteiger partial charge is 0.456 e. The second-order valence-electron chi connectivity index (χ2n) is 12.4.